The van der Waals surface area contributed by atoms with E-state index in [2.05, 4.69) is 15.0 Å². The largest absolute Gasteiger partial charge is 0.382 e. The van der Waals surface area contributed by atoms with Gasteiger partial charge in [0.05, 0.1) is 17.9 Å². The minimum Gasteiger partial charge on any atom is -0.382 e. The molecule has 0 fully saturated rings. The zero-order chi connectivity index (χ0) is 7.68. The molecular weight excluding hydrogens is 140 g/mol. The highest BCUT2D eigenvalue weighted by Crippen LogP contribution is 2.06. The van der Waals surface area contributed by atoms with E-state index in [-0.39, 0.29) is 0 Å². The zero-order valence-corrected chi connectivity index (χ0v) is 5.73. The minimum atomic E-state index is 0.422. The van der Waals surface area contributed by atoms with Crippen molar-refractivity contribution in [2.24, 2.45) is 0 Å². The van der Waals surface area contributed by atoms with Crippen molar-refractivity contribution in [1.82, 2.24) is 15.0 Å². The van der Waals surface area contributed by atoms with Gasteiger partial charge in [0.1, 0.15) is 11.3 Å². The van der Waals surface area contributed by atoms with Gasteiger partial charge < -0.3 is 5.73 Å². The van der Waals surface area contributed by atoms with Crippen LogP contribution in [0.4, 0.5) is 5.82 Å². The van der Waals surface area contributed by atoms with Crippen LogP contribution >= 0.6 is 0 Å². The van der Waals surface area contributed by atoms with Crippen molar-refractivity contribution in [3.05, 3.63) is 24.7 Å². The van der Waals surface area contributed by atoms with Crippen molar-refractivity contribution in [3.63, 3.8) is 0 Å². The average molecular weight is 146 g/mol. The Hall–Kier alpha value is -1.71. The Labute approximate surface area is 63.1 Å². The van der Waals surface area contributed by atoms with Crippen LogP contribution in [0.1, 0.15) is 0 Å². The van der Waals surface area contributed by atoms with Gasteiger partial charge in [-0.15, -0.1) is 0 Å². The number of hydrogen-bond donors (Lipinski definition) is 1. The maximum absolute atomic E-state index is 5.42. The lowest BCUT2D eigenvalue weighted by Gasteiger charge is -1.94. The molecule has 0 aliphatic rings. The molecule has 2 heterocycles. The van der Waals surface area contributed by atoms with Crippen molar-refractivity contribution >= 4 is 16.9 Å². The molecule has 0 aliphatic carbocycles. The molecule has 0 amide bonds. The number of pyridine rings is 1. The molecule has 0 saturated heterocycles. The summed E-state index contributed by atoms with van der Waals surface area (Å²) in [5.74, 6) is 0.422. The number of nitrogens with zero attached hydrogens (tertiary/aromatic N) is 3. The summed E-state index contributed by atoms with van der Waals surface area (Å²) in [5, 5.41) is 0. The Balaban J connectivity index is 2.83. The van der Waals surface area contributed by atoms with Crippen molar-refractivity contribution in [3.8, 4) is 0 Å². The SMILES string of the molecule is Nc1cnc2ccncc2n1. The van der Waals surface area contributed by atoms with Gasteiger partial charge in [0, 0.05) is 6.20 Å². The Bertz CT molecular complexity index is 385. The van der Waals surface area contributed by atoms with Crippen LogP contribution in [0.5, 0.6) is 0 Å². The molecule has 4 heteroatoms. The molecule has 2 N–H and O–H groups in total. The summed E-state index contributed by atoms with van der Waals surface area (Å²) in [4.78, 5) is 12.0. The maximum Gasteiger partial charge on any atom is 0.142 e. The van der Waals surface area contributed by atoms with Crippen molar-refractivity contribution in [2.75, 3.05) is 5.73 Å². The van der Waals surface area contributed by atoms with Crippen molar-refractivity contribution < 1.29 is 0 Å². The second-order valence-corrected chi connectivity index (χ2v) is 2.16. The van der Waals surface area contributed by atoms with Gasteiger partial charge in [-0.1, -0.05) is 0 Å². The number of nitrogen functional groups attached to an aromatic ring is 1. The van der Waals surface area contributed by atoms with Crippen molar-refractivity contribution in [1.29, 1.82) is 0 Å². The summed E-state index contributed by atoms with van der Waals surface area (Å²) in [6.45, 7) is 0. The smallest absolute Gasteiger partial charge is 0.142 e. The van der Waals surface area contributed by atoms with Gasteiger partial charge in [-0.3, -0.25) is 9.97 Å². The summed E-state index contributed by atoms with van der Waals surface area (Å²) in [5.41, 5.74) is 6.97. The van der Waals surface area contributed by atoms with Crippen LogP contribution in [0.25, 0.3) is 11.0 Å². The Morgan fingerprint density at radius 2 is 2.09 bits per heavy atom. The van der Waals surface area contributed by atoms with E-state index in [9.17, 15) is 0 Å². The standard InChI is InChI=1S/C7H6N4/c8-7-4-10-5-1-2-9-3-6(5)11-7/h1-4H,(H2,8,11). The maximum atomic E-state index is 5.42. The first-order valence-electron chi connectivity index (χ1n) is 3.18. The average Bonchev–Trinajstić information content (AvgIpc) is 2.04. The highest BCUT2D eigenvalue weighted by molar-refractivity contribution is 5.73. The highest BCUT2D eigenvalue weighted by Gasteiger charge is 1.93. The predicted molar refractivity (Wildman–Crippen MR) is 41.7 cm³/mol. The third-order valence-corrected chi connectivity index (χ3v) is 1.36. The molecular formula is C7H6N4. The predicted octanol–water partition coefficient (Wildman–Crippen LogP) is 0.607. The minimum absolute atomic E-state index is 0.422. The first-order valence-corrected chi connectivity index (χ1v) is 3.18. The first kappa shape index (κ1) is 6.03. The second kappa shape index (κ2) is 2.16. The van der Waals surface area contributed by atoms with E-state index >= 15 is 0 Å². The van der Waals surface area contributed by atoms with Crippen LogP contribution < -0.4 is 5.73 Å². The number of fused-ring (bicyclic) bond motifs is 1. The normalized spacial score (nSPS) is 10.2. The summed E-state index contributed by atoms with van der Waals surface area (Å²) >= 11 is 0. The van der Waals surface area contributed by atoms with Crippen LogP contribution in [0.15, 0.2) is 24.7 Å². The molecule has 11 heavy (non-hydrogen) atoms. The van der Waals surface area contributed by atoms with Gasteiger partial charge in [-0.05, 0) is 6.07 Å². The lowest BCUT2D eigenvalue weighted by molar-refractivity contribution is 1.25. The van der Waals surface area contributed by atoms with E-state index in [0.29, 0.717) is 5.82 Å². The van der Waals surface area contributed by atoms with Crippen LogP contribution in [0.2, 0.25) is 0 Å². The molecule has 0 spiro atoms. The second-order valence-electron chi connectivity index (χ2n) is 2.16. The highest BCUT2D eigenvalue weighted by atomic mass is 14.9. The molecule has 2 aromatic rings. The van der Waals surface area contributed by atoms with Gasteiger partial charge in [0.25, 0.3) is 0 Å². The third kappa shape index (κ3) is 0.980. The molecule has 0 unspecified atom stereocenters. The molecule has 0 aliphatic heterocycles. The van der Waals surface area contributed by atoms with E-state index in [1.165, 1.54) is 6.20 Å². The fraction of sp³-hybridized carbons (Fsp3) is 0. The fourth-order valence-electron chi connectivity index (χ4n) is 0.878. The molecule has 2 aromatic heterocycles. The molecule has 0 saturated carbocycles. The molecule has 0 aromatic carbocycles. The topological polar surface area (TPSA) is 64.7 Å². The molecule has 0 bridgehead atoms. The number of rotatable bonds is 0. The van der Waals surface area contributed by atoms with Gasteiger partial charge in [0.2, 0.25) is 0 Å². The summed E-state index contributed by atoms with van der Waals surface area (Å²) in [7, 11) is 0. The monoisotopic (exact) mass is 146 g/mol. The van der Waals surface area contributed by atoms with Crippen LogP contribution in [0.3, 0.4) is 0 Å². The first-order chi connectivity index (χ1) is 5.36. The van der Waals surface area contributed by atoms with E-state index in [1.54, 1.807) is 18.5 Å². The quantitative estimate of drug-likeness (QED) is 0.591. The third-order valence-electron chi connectivity index (χ3n) is 1.36. The van der Waals surface area contributed by atoms with E-state index in [4.69, 9.17) is 5.73 Å². The zero-order valence-electron chi connectivity index (χ0n) is 5.73. The van der Waals surface area contributed by atoms with Gasteiger partial charge >= 0.3 is 0 Å². The summed E-state index contributed by atoms with van der Waals surface area (Å²) in [6.07, 6.45) is 4.84. The Morgan fingerprint density at radius 3 is 3.00 bits per heavy atom. The van der Waals surface area contributed by atoms with E-state index < -0.39 is 0 Å². The van der Waals surface area contributed by atoms with Crippen LogP contribution in [-0.4, -0.2) is 15.0 Å². The Morgan fingerprint density at radius 1 is 1.18 bits per heavy atom. The van der Waals surface area contributed by atoms with E-state index in [1.807, 2.05) is 0 Å². The molecule has 54 valence electrons. The summed E-state index contributed by atoms with van der Waals surface area (Å²) in [6, 6.07) is 1.79. The van der Waals surface area contributed by atoms with Gasteiger partial charge in [-0.2, -0.15) is 0 Å². The number of anilines is 1. The fourth-order valence-corrected chi connectivity index (χ4v) is 0.878. The van der Waals surface area contributed by atoms with Crippen LogP contribution in [0, 0.1) is 0 Å². The number of nitrogens with two attached hydrogens (primary N) is 1. The lowest BCUT2D eigenvalue weighted by Crippen LogP contribution is -1.92. The molecule has 4 nitrogen and oxygen atoms in total. The molecule has 2 rings (SSSR count). The van der Waals surface area contributed by atoms with Gasteiger partial charge in [0.15, 0.2) is 0 Å². The van der Waals surface area contributed by atoms with Gasteiger partial charge in [-0.25, -0.2) is 4.98 Å². The Kier molecular flexibility index (Phi) is 1.18. The van der Waals surface area contributed by atoms with Crippen molar-refractivity contribution in [2.45, 2.75) is 0 Å². The van der Waals surface area contributed by atoms with E-state index in [0.717, 1.165) is 11.0 Å². The lowest BCUT2D eigenvalue weighted by atomic mass is 10.4. The molecule has 0 radical (unpaired) electrons. The van der Waals surface area contributed by atoms with Crippen LogP contribution in [-0.2, 0) is 0 Å². The number of hydrogen-bond acceptors (Lipinski definition) is 4. The number of aromatic nitrogens is 3. The summed E-state index contributed by atoms with van der Waals surface area (Å²) < 4.78 is 0. The molecule has 0 atom stereocenters.